The summed E-state index contributed by atoms with van der Waals surface area (Å²) in [5.74, 6) is 0.870. The smallest absolute Gasteiger partial charge is 0.249 e. The topological polar surface area (TPSA) is 41.5 Å². The van der Waals surface area contributed by atoms with Crippen molar-refractivity contribution in [3.8, 4) is 0 Å². The first-order chi connectivity index (χ1) is 5.27. The van der Waals surface area contributed by atoms with Crippen LogP contribution in [0, 0.1) is 5.92 Å². The standard InChI is InChI=1S/C7H5IN2O/c8-5-3-9-7-4(5)1-2-6(11)10-7/h1-4H,(H,9,10,11). The molecule has 2 aliphatic rings. The first-order valence-electron chi connectivity index (χ1n) is 3.20. The van der Waals surface area contributed by atoms with Crippen molar-refractivity contribution >= 4 is 34.3 Å². The highest BCUT2D eigenvalue weighted by Gasteiger charge is 2.25. The number of halogens is 1. The normalized spacial score (nSPS) is 27.4. The molecule has 2 rings (SSSR count). The van der Waals surface area contributed by atoms with Gasteiger partial charge in [0.1, 0.15) is 5.84 Å². The van der Waals surface area contributed by atoms with Crippen molar-refractivity contribution < 1.29 is 4.79 Å². The maximum atomic E-state index is 10.8. The SMILES string of the molecule is O=C1C=CC2C(I)=CN=C2N1. The molecule has 0 aliphatic carbocycles. The number of amidine groups is 1. The number of nitrogens with zero attached hydrogens (tertiary/aromatic N) is 1. The first kappa shape index (κ1) is 7.02. The summed E-state index contributed by atoms with van der Waals surface area (Å²) in [6.07, 6.45) is 5.18. The lowest BCUT2D eigenvalue weighted by atomic mass is 10.1. The molecule has 0 aromatic carbocycles. The molecule has 1 atom stereocenters. The van der Waals surface area contributed by atoms with Crippen LogP contribution in [0.25, 0.3) is 0 Å². The molecule has 11 heavy (non-hydrogen) atoms. The van der Waals surface area contributed by atoms with Crippen LogP contribution in [-0.4, -0.2) is 11.7 Å². The van der Waals surface area contributed by atoms with Crippen molar-refractivity contribution in [3.63, 3.8) is 0 Å². The Morgan fingerprint density at radius 1 is 1.64 bits per heavy atom. The van der Waals surface area contributed by atoms with Gasteiger partial charge in [-0.1, -0.05) is 6.08 Å². The van der Waals surface area contributed by atoms with E-state index in [1.165, 1.54) is 0 Å². The minimum Gasteiger partial charge on any atom is -0.310 e. The Bertz CT molecular complexity index is 304. The van der Waals surface area contributed by atoms with Crippen molar-refractivity contribution in [2.45, 2.75) is 0 Å². The Morgan fingerprint density at radius 2 is 2.45 bits per heavy atom. The fourth-order valence-corrected chi connectivity index (χ4v) is 1.71. The van der Waals surface area contributed by atoms with Crippen LogP contribution in [0.2, 0.25) is 0 Å². The molecule has 0 fully saturated rings. The molecule has 2 heterocycles. The highest BCUT2D eigenvalue weighted by atomic mass is 127. The summed E-state index contributed by atoms with van der Waals surface area (Å²) in [5, 5.41) is 2.68. The number of hydrogen-bond acceptors (Lipinski definition) is 2. The maximum absolute atomic E-state index is 10.8. The Balaban J connectivity index is 2.35. The number of aliphatic imine (C=N–C) groups is 1. The summed E-state index contributed by atoms with van der Waals surface area (Å²) < 4.78 is 1.15. The predicted molar refractivity (Wildman–Crippen MR) is 50.3 cm³/mol. The van der Waals surface area contributed by atoms with E-state index in [1.54, 1.807) is 12.3 Å². The Labute approximate surface area is 77.4 Å². The van der Waals surface area contributed by atoms with Crippen molar-refractivity contribution in [1.29, 1.82) is 0 Å². The maximum Gasteiger partial charge on any atom is 0.249 e. The van der Waals surface area contributed by atoms with Gasteiger partial charge in [0, 0.05) is 15.9 Å². The third-order valence-electron chi connectivity index (χ3n) is 1.61. The van der Waals surface area contributed by atoms with Gasteiger partial charge in [0.2, 0.25) is 5.91 Å². The van der Waals surface area contributed by atoms with Gasteiger partial charge in [-0.15, -0.1) is 0 Å². The van der Waals surface area contributed by atoms with E-state index in [1.807, 2.05) is 6.08 Å². The molecule has 4 heteroatoms. The lowest BCUT2D eigenvalue weighted by Gasteiger charge is -2.14. The molecule has 0 saturated carbocycles. The van der Waals surface area contributed by atoms with E-state index < -0.39 is 0 Å². The van der Waals surface area contributed by atoms with Gasteiger partial charge in [-0.3, -0.25) is 4.79 Å². The highest BCUT2D eigenvalue weighted by Crippen LogP contribution is 2.27. The molecule has 2 aliphatic heterocycles. The number of nitrogens with one attached hydrogen (secondary N) is 1. The third kappa shape index (κ3) is 1.11. The van der Waals surface area contributed by atoms with Crippen molar-refractivity contribution in [2.24, 2.45) is 10.9 Å². The lowest BCUT2D eigenvalue weighted by Crippen LogP contribution is -2.36. The van der Waals surface area contributed by atoms with E-state index in [2.05, 4.69) is 32.9 Å². The van der Waals surface area contributed by atoms with Gasteiger partial charge in [-0.05, 0) is 22.6 Å². The summed E-state index contributed by atoms with van der Waals surface area (Å²) in [6, 6.07) is 0. The summed E-state index contributed by atoms with van der Waals surface area (Å²) in [5.41, 5.74) is 0. The Kier molecular flexibility index (Phi) is 1.56. The molecule has 0 spiro atoms. The summed E-state index contributed by atoms with van der Waals surface area (Å²) in [4.78, 5) is 14.9. The monoisotopic (exact) mass is 260 g/mol. The van der Waals surface area contributed by atoms with E-state index in [0.717, 1.165) is 9.42 Å². The van der Waals surface area contributed by atoms with Gasteiger partial charge in [0.05, 0.1) is 5.92 Å². The summed E-state index contributed by atoms with van der Waals surface area (Å²) >= 11 is 2.22. The van der Waals surface area contributed by atoms with Crippen LogP contribution in [0.5, 0.6) is 0 Å². The van der Waals surface area contributed by atoms with Gasteiger partial charge in [0.15, 0.2) is 0 Å². The minimum absolute atomic E-state index is 0.0838. The molecule has 0 bridgehead atoms. The largest absolute Gasteiger partial charge is 0.310 e. The number of amides is 1. The van der Waals surface area contributed by atoms with Gasteiger partial charge in [-0.25, -0.2) is 4.99 Å². The molecule has 0 aromatic heterocycles. The molecule has 1 amide bonds. The number of carbonyl (C=O) groups is 1. The van der Waals surface area contributed by atoms with Crippen LogP contribution >= 0.6 is 22.6 Å². The van der Waals surface area contributed by atoms with Crippen LogP contribution < -0.4 is 5.32 Å². The molecule has 56 valence electrons. The summed E-state index contributed by atoms with van der Waals surface area (Å²) in [7, 11) is 0. The van der Waals surface area contributed by atoms with Gasteiger partial charge in [0.25, 0.3) is 0 Å². The number of hydrogen-bond donors (Lipinski definition) is 1. The molecular formula is C7H5IN2O. The van der Waals surface area contributed by atoms with Crippen molar-refractivity contribution in [1.82, 2.24) is 5.32 Å². The van der Waals surface area contributed by atoms with Crippen LogP contribution in [0.1, 0.15) is 0 Å². The third-order valence-corrected chi connectivity index (χ3v) is 2.56. The zero-order chi connectivity index (χ0) is 7.84. The average molecular weight is 260 g/mol. The van der Waals surface area contributed by atoms with Crippen LogP contribution in [0.15, 0.2) is 26.9 Å². The molecule has 0 radical (unpaired) electrons. The van der Waals surface area contributed by atoms with Crippen LogP contribution in [-0.2, 0) is 4.79 Å². The minimum atomic E-state index is -0.0838. The molecule has 3 nitrogen and oxygen atoms in total. The molecular weight excluding hydrogens is 255 g/mol. The lowest BCUT2D eigenvalue weighted by molar-refractivity contribution is -0.115. The van der Waals surface area contributed by atoms with Crippen molar-refractivity contribution in [2.75, 3.05) is 0 Å². The van der Waals surface area contributed by atoms with Gasteiger partial charge < -0.3 is 5.32 Å². The molecule has 0 saturated heterocycles. The van der Waals surface area contributed by atoms with Gasteiger partial charge >= 0.3 is 0 Å². The van der Waals surface area contributed by atoms with Crippen LogP contribution in [0.4, 0.5) is 0 Å². The fraction of sp³-hybridized carbons (Fsp3) is 0.143. The van der Waals surface area contributed by atoms with E-state index in [-0.39, 0.29) is 11.8 Å². The molecule has 1 N–H and O–H groups in total. The molecule has 1 unspecified atom stereocenters. The second-order valence-electron chi connectivity index (χ2n) is 2.35. The van der Waals surface area contributed by atoms with E-state index in [4.69, 9.17) is 0 Å². The molecule has 0 aromatic rings. The Morgan fingerprint density at radius 3 is 3.27 bits per heavy atom. The zero-order valence-electron chi connectivity index (χ0n) is 5.54. The number of rotatable bonds is 0. The highest BCUT2D eigenvalue weighted by molar-refractivity contribution is 14.1. The van der Waals surface area contributed by atoms with E-state index >= 15 is 0 Å². The van der Waals surface area contributed by atoms with Crippen LogP contribution in [0.3, 0.4) is 0 Å². The zero-order valence-corrected chi connectivity index (χ0v) is 7.70. The average Bonchev–Trinajstić information content (AvgIpc) is 2.32. The van der Waals surface area contributed by atoms with E-state index in [0.29, 0.717) is 0 Å². The fourth-order valence-electron chi connectivity index (χ4n) is 1.07. The second-order valence-corrected chi connectivity index (χ2v) is 3.60. The quantitative estimate of drug-likeness (QED) is 0.648. The number of fused-ring (bicyclic) bond motifs is 1. The second kappa shape index (κ2) is 2.44. The van der Waals surface area contributed by atoms with Gasteiger partial charge in [-0.2, -0.15) is 0 Å². The summed E-state index contributed by atoms with van der Waals surface area (Å²) in [6.45, 7) is 0. The van der Waals surface area contributed by atoms with Crippen molar-refractivity contribution in [3.05, 3.63) is 21.9 Å². The number of carbonyl (C=O) groups excluding carboxylic acids is 1. The predicted octanol–water partition coefficient (Wildman–Crippen LogP) is 0.977. The van der Waals surface area contributed by atoms with E-state index in [9.17, 15) is 4.79 Å². The Hall–Kier alpha value is -0.650. The first-order valence-corrected chi connectivity index (χ1v) is 4.28.